The number of fused-ring (bicyclic) bond motifs is 1. The van der Waals surface area contributed by atoms with Gasteiger partial charge in [0.15, 0.2) is 10.0 Å². The van der Waals surface area contributed by atoms with Crippen molar-refractivity contribution in [1.29, 1.82) is 0 Å². The fourth-order valence-corrected chi connectivity index (χ4v) is 3.63. The van der Waals surface area contributed by atoms with Gasteiger partial charge in [0.05, 0.1) is 17.7 Å². The molecule has 2 N–H and O–H groups in total. The Hall–Kier alpha value is -2.79. The average Bonchev–Trinajstić information content (AvgIpc) is 3.08. The van der Waals surface area contributed by atoms with E-state index >= 15 is 0 Å². The summed E-state index contributed by atoms with van der Waals surface area (Å²) in [5.74, 6) is -0.750. The van der Waals surface area contributed by atoms with Gasteiger partial charge in [-0.05, 0) is 13.0 Å². The third-order valence-corrected chi connectivity index (χ3v) is 5.10. The number of hydrogen-bond donors (Lipinski definition) is 2. The van der Waals surface area contributed by atoms with Gasteiger partial charge in [0.25, 0.3) is 11.5 Å². The van der Waals surface area contributed by atoms with Crippen LogP contribution in [-0.4, -0.2) is 44.6 Å². The normalized spacial score (nSPS) is 10.7. The van der Waals surface area contributed by atoms with Gasteiger partial charge in [0.1, 0.15) is 0 Å². The van der Waals surface area contributed by atoms with E-state index in [1.54, 1.807) is 31.2 Å². The zero-order valence-corrected chi connectivity index (χ0v) is 15.1. The molecule has 2 heterocycles. The van der Waals surface area contributed by atoms with Crippen LogP contribution in [0.1, 0.15) is 17.4 Å². The third kappa shape index (κ3) is 4.06. The minimum atomic E-state index is -0.518. The lowest BCUT2D eigenvalue weighted by molar-refractivity contribution is -0.139. The monoisotopic (exact) mass is 391 g/mol. The van der Waals surface area contributed by atoms with Gasteiger partial charge in [0.2, 0.25) is 5.13 Å². The maximum Gasteiger partial charge on any atom is 0.316 e. The molecule has 0 aliphatic carbocycles. The molecule has 134 valence electrons. The molecule has 0 saturated heterocycles. The van der Waals surface area contributed by atoms with E-state index in [4.69, 9.17) is 4.74 Å². The molecule has 26 heavy (non-hydrogen) atoms. The molecule has 9 nitrogen and oxygen atoms in total. The summed E-state index contributed by atoms with van der Waals surface area (Å²) in [7, 11) is 0. The molecule has 0 unspecified atom stereocenters. The van der Waals surface area contributed by atoms with E-state index in [0.29, 0.717) is 21.7 Å². The number of esters is 1. The Labute approximate surface area is 155 Å². The minimum absolute atomic E-state index is 0.0797. The topological polar surface area (TPSA) is 127 Å². The van der Waals surface area contributed by atoms with Crippen LogP contribution >= 0.6 is 23.1 Å². The van der Waals surface area contributed by atoms with Crippen molar-refractivity contribution in [2.24, 2.45) is 0 Å². The Morgan fingerprint density at radius 3 is 2.81 bits per heavy atom. The number of aromatic amines is 1. The smallest absolute Gasteiger partial charge is 0.316 e. The number of amides is 1. The van der Waals surface area contributed by atoms with Crippen molar-refractivity contribution in [3.63, 3.8) is 0 Å². The number of nitrogens with zero attached hydrogens (tertiary/aromatic N) is 3. The first kappa shape index (κ1) is 18.0. The fourth-order valence-electron chi connectivity index (χ4n) is 2.09. The van der Waals surface area contributed by atoms with Crippen LogP contribution < -0.4 is 10.9 Å². The van der Waals surface area contributed by atoms with E-state index in [2.05, 4.69) is 25.7 Å². The zero-order chi connectivity index (χ0) is 18.5. The Kier molecular flexibility index (Phi) is 5.58. The van der Waals surface area contributed by atoms with E-state index in [-0.39, 0.29) is 28.1 Å². The van der Waals surface area contributed by atoms with Gasteiger partial charge in [-0.2, -0.15) is 5.10 Å². The summed E-state index contributed by atoms with van der Waals surface area (Å²) < 4.78 is 5.35. The number of thioether (sulfide) groups is 1. The fraction of sp³-hybridized carbons (Fsp3) is 0.200. The maximum absolute atomic E-state index is 12.5. The van der Waals surface area contributed by atoms with E-state index in [9.17, 15) is 14.4 Å². The van der Waals surface area contributed by atoms with Crippen LogP contribution in [0.15, 0.2) is 33.4 Å². The van der Waals surface area contributed by atoms with Crippen LogP contribution in [0.5, 0.6) is 0 Å². The van der Waals surface area contributed by atoms with Crippen LogP contribution in [0, 0.1) is 0 Å². The molecular weight excluding hydrogens is 378 g/mol. The number of ether oxygens (including phenoxy) is 1. The number of hydrogen-bond acceptors (Lipinski definition) is 9. The SMILES string of the molecule is CCOC(=O)CSc1nnc(NC(=O)c2n[nH]c(=O)c3ccccc23)s1. The maximum atomic E-state index is 12.5. The molecule has 0 fully saturated rings. The second kappa shape index (κ2) is 8.06. The third-order valence-electron chi connectivity index (χ3n) is 3.16. The van der Waals surface area contributed by atoms with Crippen molar-refractivity contribution >= 4 is 50.9 Å². The molecule has 1 amide bonds. The summed E-state index contributed by atoms with van der Waals surface area (Å²) in [6, 6.07) is 6.68. The van der Waals surface area contributed by atoms with Gasteiger partial charge in [-0.15, -0.1) is 10.2 Å². The van der Waals surface area contributed by atoms with Crippen molar-refractivity contribution in [3.05, 3.63) is 40.3 Å². The molecule has 0 saturated carbocycles. The van der Waals surface area contributed by atoms with Gasteiger partial charge in [-0.25, -0.2) is 5.10 Å². The number of aromatic nitrogens is 4. The predicted octanol–water partition coefficient (Wildman–Crippen LogP) is 1.68. The predicted molar refractivity (Wildman–Crippen MR) is 97.6 cm³/mol. The molecule has 11 heteroatoms. The van der Waals surface area contributed by atoms with E-state index in [0.717, 1.165) is 11.3 Å². The lowest BCUT2D eigenvalue weighted by Crippen LogP contribution is -2.19. The molecule has 1 aromatic carbocycles. The van der Waals surface area contributed by atoms with Crippen molar-refractivity contribution in [1.82, 2.24) is 20.4 Å². The van der Waals surface area contributed by atoms with Crippen LogP contribution in [0.25, 0.3) is 10.8 Å². The van der Waals surface area contributed by atoms with E-state index in [1.807, 2.05) is 0 Å². The molecule has 0 aliphatic heterocycles. The van der Waals surface area contributed by atoms with Crippen LogP contribution in [0.3, 0.4) is 0 Å². The number of rotatable bonds is 6. The second-order valence-corrected chi connectivity index (χ2v) is 7.07. The summed E-state index contributed by atoms with van der Waals surface area (Å²) in [6.07, 6.45) is 0. The summed E-state index contributed by atoms with van der Waals surface area (Å²) in [5, 5.41) is 17.6. The first-order valence-corrected chi connectivity index (χ1v) is 9.29. The summed E-state index contributed by atoms with van der Waals surface area (Å²) in [4.78, 5) is 35.6. The van der Waals surface area contributed by atoms with Gasteiger partial charge in [0, 0.05) is 5.39 Å². The van der Waals surface area contributed by atoms with Gasteiger partial charge >= 0.3 is 5.97 Å². The largest absolute Gasteiger partial charge is 0.465 e. The highest BCUT2D eigenvalue weighted by molar-refractivity contribution is 8.01. The second-order valence-electron chi connectivity index (χ2n) is 4.87. The lowest BCUT2D eigenvalue weighted by Gasteiger charge is -2.03. The highest BCUT2D eigenvalue weighted by Crippen LogP contribution is 2.26. The van der Waals surface area contributed by atoms with Crippen LogP contribution in [0.2, 0.25) is 0 Å². The Balaban J connectivity index is 1.72. The quantitative estimate of drug-likeness (QED) is 0.369. The van der Waals surface area contributed by atoms with Gasteiger partial charge < -0.3 is 4.74 Å². The Morgan fingerprint density at radius 2 is 2.04 bits per heavy atom. The molecule has 0 aliphatic rings. The average molecular weight is 391 g/mol. The number of anilines is 1. The Bertz CT molecular complexity index is 1020. The van der Waals surface area contributed by atoms with Crippen molar-refractivity contribution in [3.8, 4) is 0 Å². The van der Waals surface area contributed by atoms with E-state index in [1.165, 1.54) is 11.8 Å². The van der Waals surface area contributed by atoms with Gasteiger partial charge in [-0.3, -0.25) is 19.7 Å². The summed E-state index contributed by atoms with van der Waals surface area (Å²) >= 11 is 2.30. The first-order chi connectivity index (χ1) is 12.6. The van der Waals surface area contributed by atoms with Crippen molar-refractivity contribution < 1.29 is 14.3 Å². The van der Waals surface area contributed by atoms with Crippen LogP contribution in [-0.2, 0) is 9.53 Å². The number of carbonyl (C=O) groups excluding carboxylic acids is 2. The lowest BCUT2D eigenvalue weighted by atomic mass is 10.1. The van der Waals surface area contributed by atoms with Crippen molar-refractivity contribution in [2.45, 2.75) is 11.3 Å². The molecular formula is C15H13N5O4S2. The van der Waals surface area contributed by atoms with Crippen molar-refractivity contribution in [2.75, 3.05) is 17.7 Å². The molecule has 3 aromatic rings. The number of nitrogens with one attached hydrogen (secondary N) is 2. The molecule has 0 spiro atoms. The Morgan fingerprint density at radius 1 is 1.27 bits per heavy atom. The molecule has 0 atom stereocenters. The molecule has 2 aromatic heterocycles. The summed E-state index contributed by atoms with van der Waals surface area (Å²) in [6.45, 7) is 2.05. The summed E-state index contributed by atoms with van der Waals surface area (Å²) in [5.41, 5.74) is -0.290. The minimum Gasteiger partial charge on any atom is -0.465 e. The highest BCUT2D eigenvalue weighted by Gasteiger charge is 2.16. The molecule has 3 rings (SSSR count). The van der Waals surface area contributed by atoms with E-state index < -0.39 is 5.91 Å². The van der Waals surface area contributed by atoms with Gasteiger partial charge in [-0.1, -0.05) is 41.3 Å². The molecule has 0 radical (unpaired) electrons. The standard InChI is InChI=1S/C15H13N5O4S2/c1-2-24-10(21)7-25-15-20-19-14(26-15)16-13(23)11-8-5-3-4-6-9(8)12(22)18-17-11/h3-6H,2,7H2,1H3,(H,18,22)(H,16,19,23). The number of H-pyrrole nitrogens is 1. The molecule has 0 bridgehead atoms. The first-order valence-electron chi connectivity index (χ1n) is 7.49. The van der Waals surface area contributed by atoms with Crippen LogP contribution in [0.4, 0.5) is 5.13 Å². The highest BCUT2D eigenvalue weighted by atomic mass is 32.2. The number of benzene rings is 1. The zero-order valence-electron chi connectivity index (χ0n) is 13.5. The number of carbonyl (C=O) groups is 2.